The number of nitrogens with zero attached hydrogens (tertiary/aromatic N) is 1. The zero-order chi connectivity index (χ0) is 20.3. The largest absolute Gasteiger partial charge is 0.497 e. The molecule has 1 atom stereocenters. The molecule has 1 aliphatic rings. The minimum atomic E-state index is -0.578. The number of amides is 1. The Balaban J connectivity index is 1.61. The van der Waals surface area contributed by atoms with Crippen LogP contribution in [0.2, 0.25) is 0 Å². The average Bonchev–Trinajstić information content (AvgIpc) is 3.09. The Morgan fingerprint density at radius 2 is 1.93 bits per heavy atom. The number of aryl methyl sites for hydroxylation is 2. The number of esters is 1. The Labute approximate surface area is 164 Å². The smallest absolute Gasteiger partial charge is 0.311 e. The van der Waals surface area contributed by atoms with E-state index in [0.29, 0.717) is 11.3 Å². The van der Waals surface area contributed by atoms with Crippen LogP contribution < -0.4 is 9.64 Å². The van der Waals surface area contributed by atoms with Crippen LogP contribution >= 0.6 is 0 Å². The number of ether oxygens (including phenoxy) is 2. The summed E-state index contributed by atoms with van der Waals surface area (Å²) in [6.07, 6.45) is 0.0829. The van der Waals surface area contributed by atoms with E-state index in [1.54, 1.807) is 29.2 Å². The van der Waals surface area contributed by atoms with Crippen molar-refractivity contribution in [1.29, 1.82) is 0 Å². The second kappa shape index (κ2) is 8.25. The molecule has 0 N–H and O–H groups in total. The van der Waals surface area contributed by atoms with E-state index in [1.807, 2.05) is 32.0 Å². The molecule has 0 aromatic heterocycles. The molecular weight excluding hydrogens is 358 g/mol. The summed E-state index contributed by atoms with van der Waals surface area (Å²) in [6, 6.07) is 12.5. The van der Waals surface area contributed by atoms with E-state index < -0.39 is 11.9 Å². The van der Waals surface area contributed by atoms with Gasteiger partial charge >= 0.3 is 5.97 Å². The van der Waals surface area contributed by atoms with Crippen LogP contribution in [0.15, 0.2) is 42.5 Å². The first-order chi connectivity index (χ1) is 13.4. The fourth-order valence-electron chi connectivity index (χ4n) is 3.24. The summed E-state index contributed by atoms with van der Waals surface area (Å²) in [6.45, 7) is 3.79. The summed E-state index contributed by atoms with van der Waals surface area (Å²) >= 11 is 0. The van der Waals surface area contributed by atoms with Crippen molar-refractivity contribution in [1.82, 2.24) is 0 Å². The average molecular weight is 381 g/mol. The van der Waals surface area contributed by atoms with Crippen LogP contribution in [0.4, 0.5) is 5.69 Å². The van der Waals surface area contributed by atoms with Gasteiger partial charge in [0.15, 0.2) is 12.4 Å². The summed E-state index contributed by atoms with van der Waals surface area (Å²) in [7, 11) is 1.52. The highest BCUT2D eigenvalue weighted by molar-refractivity contribution is 6.01. The summed E-state index contributed by atoms with van der Waals surface area (Å²) in [5, 5.41) is 0. The zero-order valence-corrected chi connectivity index (χ0v) is 16.2. The molecule has 0 bridgehead atoms. The van der Waals surface area contributed by atoms with Gasteiger partial charge in [0.2, 0.25) is 5.91 Å². The van der Waals surface area contributed by atoms with Gasteiger partial charge in [-0.05, 0) is 43.2 Å². The third-order valence-electron chi connectivity index (χ3n) is 4.85. The van der Waals surface area contributed by atoms with E-state index >= 15 is 0 Å². The second-order valence-electron chi connectivity index (χ2n) is 6.96. The van der Waals surface area contributed by atoms with Crippen LogP contribution in [-0.2, 0) is 14.3 Å². The monoisotopic (exact) mass is 381 g/mol. The molecule has 1 heterocycles. The van der Waals surface area contributed by atoms with Crippen LogP contribution in [0.25, 0.3) is 0 Å². The second-order valence-corrected chi connectivity index (χ2v) is 6.96. The third-order valence-corrected chi connectivity index (χ3v) is 4.85. The highest BCUT2D eigenvalue weighted by Gasteiger charge is 2.37. The van der Waals surface area contributed by atoms with Crippen molar-refractivity contribution in [2.45, 2.75) is 20.3 Å². The summed E-state index contributed by atoms with van der Waals surface area (Å²) < 4.78 is 10.3. The van der Waals surface area contributed by atoms with Gasteiger partial charge in [-0.2, -0.15) is 0 Å². The van der Waals surface area contributed by atoms with Crippen molar-refractivity contribution in [2.75, 3.05) is 25.2 Å². The molecule has 6 nitrogen and oxygen atoms in total. The minimum absolute atomic E-state index is 0.0829. The molecule has 0 unspecified atom stereocenters. The molecule has 1 aliphatic heterocycles. The molecule has 0 saturated carbocycles. The molecule has 146 valence electrons. The normalized spacial score (nSPS) is 16.2. The fraction of sp³-hybridized carbons (Fsp3) is 0.318. The Hall–Kier alpha value is -3.15. The molecule has 28 heavy (non-hydrogen) atoms. The molecule has 0 spiro atoms. The molecule has 6 heteroatoms. The number of methoxy groups -OCH3 is 1. The lowest BCUT2D eigenvalue weighted by Crippen LogP contribution is -2.27. The number of carbonyl (C=O) groups is 3. The molecule has 1 saturated heterocycles. The molecule has 2 aromatic rings. The number of anilines is 1. The Bertz CT molecular complexity index is 921. The molecule has 0 radical (unpaired) electrons. The maximum absolute atomic E-state index is 12.4. The first-order valence-electron chi connectivity index (χ1n) is 9.10. The van der Waals surface area contributed by atoms with Gasteiger partial charge in [-0.15, -0.1) is 0 Å². The van der Waals surface area contributed by atoms with E-state index in [-0.39, 0.29) is 31.3 Å². The van der Waals surface area contributed by atoms with E-state index in [0.717, 1.165) is 16.8 Å². The Morgan fingerprint density at radius 3 is 2.68 bits per heavy atom. The predicted octanol–water partition coefficient (Wildman–Crippen LogP) is 3.09. The van der Waals surface area contributed by atoms with E-state index in [4.69, 9.17) is 9.47 Å². The lowest BCUT2D eigenvalue weighted by atomic mass is 10.1. The quantitative estimate of drug-likeness (QED) is 0.568. The number of carbonyl (C=O) groups excluding carboxylic acids is 3. The van der Waals surface area contributed by atoms with Gasteiger partial charge in [0.05, 0.1) is 13.0 Å². The van der Waals surface area contributed by atoms with Gasteiger partial charge in [0.1, 0.15) is 5.75 Å². The van der Waals surface area contributed by atoms with Gasteiger partial charge in [-0.3, -0.25) is 14.4 Å². The van der Waals surface area contributed by atoms with Crippen molar-refractivity contribution < 1.29 is 23.9 Å². The number of ketones is 1. The third kappa shape index (κ3) is 4.22. The molecule has 2 aromatic carbocycles. The van der Waals surface area contributed by atoms with Crippen LogP contribution in [0.3, 0.4) is 0 Å². The number of Topliss-reactive ketones (excluding diaryl/α,β-unsaturated/α-hetero) is 1. The van der Waals surface area contributed by atoms with E-state index in [1.165, 1.54) is 7.11 Å². The Morgan fingerprint density at radius 1 is 1.14 bits per heavy atom. The highest BCUT2D eigenvalue weighted by atomic mass is 16.5. The number of hydrogen-bond donors (Lipinski definition) is 0. The van der Waals surface area contributed by atoms with Crippen LogP contribution in [0.1, 0.15) is 27.9 Å². The number of benzene rings is 2. The first kappa shape index (κ1) is 19.6. The van der Waals surface area contributed by atoms with Gasteiger partial charge < -0.3 is 14.4 Å². The van der Waals surface area contributed by atoms with E-state index in [2.05, 4.69) is 0 Å². The molecule has 3 rings (SSSR count). The van der Waals surface area contributed by atoms with Crippen LogP contribution in [0.5, 0.6) is 5.75 Å². The maximum Gasteiger partial charge on any atom is 0.311 e. The first-order valence-corrected chi connectivity index (χ1v) is 9.10. The summed E-state index contributed by atoms with van der Waals surface area (Å²) in [5.74, 6) is -0.983. The lowest BCUT2D eigenvalue weighted by Gasteiger charge is -2.19. The van der Waals surface area contributed by atoms with Crippen molar-refractivity contribution in [3.63, 3.8) is 0 Å². The molecule has 1 fully saturated rings. The predicted molar refractivity (Wildman–Crippen MR) is 105 cm³/mol. The van der Waals surface area contributed by atoms with Crippen LogP contribution in [0, 0.1) is 19.8 Å². The van der Waals surface area contributed by atoms with Crippen LogP contribution in [-0.4, -0.2) is 37.9 Å². The molecule has 0 aliphatic carbocycles. The number of rotatable bonds is 6. The van der Waals surface area contributed by atoms with Gasteiger partial charge in [-0.1, -0.05) is 24.3 Å². The SMILES string of the molecule is COc1cccc(C(=O)COC(=O)[C@H]2CC(=O)N(c3cc(C)ccc3C)C2)c1. The van der Waals surface area contributed by atoms with Crippen molar-refractivity contribution >= 4 is 23.3 Å². The van der Waals surface area contributed by atoms with Crippen molar-refractivity contribution in [3.8, 4) is 5.75 Å². The maximum atomic E-state index is 12.4. The zero-order valence-electron chi connectivity index (χ0n) is 16.2. The Kier molecular flexibility index (Phi) is 5.78. The van der Waals surface area contributed by atoms with E-state index in [9.17, 15) is 14.4 Å². The van der Waals surface area contributed by atoms with Gasteiger partial charge in [0, 0.05) is 24.2 Å². The summed E-state index contributed by atoms with van der Waals surface area (Å²) in [5.41, 5.74) is 3.24. The standard InChI is InChI=1S/C22H23NO5/c1-14-7-8-15(2)19(9-14)23-12-17(11-21(23)25)22(26)28-13-20(24)16-5-4-6-18(10-16)27-3/h4-10,17H,11-13H2,1-3H3/t17-/m0/s1. The fourth-order valence-corrected chi connectivity index (χ4v) is 3.24. The molecular formula is C22H23NO5. The lowest BCUT2D eigenvalue weighted by molar-refractivity contribution is -0.147. The number of hydrogen-bond acceptors (Lipinski definition) is 5. The molecule has 1 amide bonds. The van der Waals surface area contributed by atoms with Crippen molar-refractivity contribution in [3.05, 3.63) is 59.2 Å². The summed E-state index contributed by atoms with van der Waals surface area (Å²) in [4.78, 5) is 38.7. The van der Waals surface area contributed by atoms with Crippen molar-refractivity contribution in [2.24, 2.45) is 5.92 Å². The van der Waals surface area contributed by atoms with Gasteiger partial charge in [0.25, 0.3) is 0 Å². The van der Waals surface area contributed by atoms with Gasteiger partial charge in [-0.25, -0.2) is 0 Å². The minimum Gasteiger partial charge on any atom is -0.497 e. The highest BCUT2D eigenvalue weighted by Crippen LogP contribution is 2.29. The topological polar surface area (TPSA) is 72.9 Å².